The molecule has 2 heterocycles. The van der Waals surface area contributed by atoms with E-state index >= 15 is 0 Å². The monoisotopic (exact) mass is 461 g/mol. The number of nitrogens with zero attached hydrogens (tertiary/aromatic N) is 3. The lowest BCUT2D eigenvalue weighted by molar-refractivity contribution is -0.117. The number of aromatic nitrogens is 3. The van der Waals surface area contributed by atoms with Crippen molar-refractivity contribution >= 4 is 35.0 Å². The Morgan fingerprint density at radius 1 is 1.26 bits per heavy atom. The Morgan fingerprint density at radius 3 is 2.74 bits per heavy atom. The first kappa shape index (κ1) is 22.3. The van der Waals surface area contributed by atoms with E-state index in [1.807, 2.05) is 25.3 Å². The molecule has 0 saturated heterocycles. The number of urea groups is 1. The summed E-state index contributed by atoms with van der Waals surface area (Å²) in [6, 6.07) is 3.92. The van der Waals surface area contributed by atoms with Gasteiger partial charge in [0, 0.05) is 12.6 Å². The van der Waals surface area contributed by atoms with E-state index in [1.54, 1.807) is 11.3 Å². The summed E-state index contributed by atoms with van der Waals surface area (Å²) in [6.45, 7) is 6.82. The van der Waals surface area contributed by atoms with Gasteiger partial charge in [-0.25, -0.2) is 4.79 Å². The van der Waals surface area contributed by atoms with E-state index in [-0.39, 0.29) is 17.7 Å². The van der Waals surface area contributed by atoms with Crippen molar-refractivity contribution in [3.05, 3.63) is 17.5 Å². The normalized spacial score (nSPS) is 23.3. The molecule has 4 atom stereocenters. The highest BCUT2D eigenvalue weighted by molar-refractivity contribution is 7.99. The summed E-state index contributed by atoms with van der Waals surface area (Å²) in [4.78, 5) is 25.3. The van der Waals surface area contributed by atoms with Crippen LogP contribution in [-0.4, -0.2) is 39.0 Å². The molecule has 0 spiro atoms. The SMILES string of the molecule is CC(C)CNC(=O)NC(=O)CSc1nnc(-c2cccs2)n1C(C)C1CC2CCC1C2. The fraction of sp³-hybridized carbons (Fsp3) is 0.636. The lowest BCUT2D eigenvalue weighted by Gasteiger charge is -2.30. The van der Waals surface area contributed by atoms with Gasteiger partial charge in [0.15, 0.2) is 11.0 Å². The maximum absolute atomic E-state index is 12.3. The maximum Gasteiger partial charge on any atom is 0.321 e. The third kappa shape index (κ3) is 5.14. The Hall–Kier alpha value is -1.87. The van der Waals surface area contributed by atoms with E-state index in [0.717, 1.165) is 27.7 Å². The third-order valence-corrected chi connectivity index (χ3v) is 8.29. The van der Waals surface area contributed by atoms with Gasteiger partial charge >= 0.3 is 6.03 Å². The standard InChI is InChI=1S/C22H31N5O2S2/c1-13(2)11-23-21(29)24-19(28)12-31-22-26-25-20(18-5-4-8-30-18)27(22)14(3)17-10-15-6-7-16(17)9-15/h4-5,8,13-17H,6-7,9-12H2,1-3H3,(H2,23,24,28,29). The van der Waals surface area contributed by atoms with Crippen molar-refractivity contribution in [2.75, 3.05) is 12.3 Å². The molecule has 9 heteroatoms. The molecule has 3 amide bonds. The lowest BCUT2D eigenvalue weighted by Crippen LogP contribution is -2.41. The molecule has 0 radical (unpaired) electrons. The summed E-state index contributed by atoms with van der Waals surface area (Å²) in [5.74, 6) is 3.28. The van der Waals surface area contributed by atoms with Crippen molar-refractivity contribution in [1.82, 2.24) is 25.4 Å². The second-order valence-corrected chi connectivity index (χ2v) is 11.1. The van der Waals surface area contributed by atoms with Crippen molar-refractivity contribution in [3.8, 4) is 10.7 Å². The van der Waals surface area contributed by atoms with Crippen LogP contribution in [-0.2, 0) is 4.79 Å². The molecule has 2 N–H and O–H groups in total. The van der Waals surface area contributed by atoms with Crippen LogP contribution in [0.5, 0.6) is 0 Å². The van der Waals surface area contributed by atoms with Gasteiger partial charge < -0.3 is 5.32 Å². The molecule has 2 bridgehead atoms. The van der Waals surface area contributed by atoms with E-state index in [4.69, 9.17) is 0 Å². The Labute approximate surface area is 191 Å². The van der Waals surface area contributed by atoms with Crippen molar-refractivity contribution in [2.24, 2.45) is 23.7 Å². The molecule has 4 unspecified atom stereocenters. The number of hydrogen-bond acceptors (Lipinski definition) is 6. The number of hydrogen-bond donors (Lipinski definition) is 2. The molecule has 2 aliphatic carbocycles. The van der Waals surface area contributed by atoms with Gasteiger partial charge in [0.25, 0.3) is 0 Å². The van der Waals surface area contributed by atoms with Gasteiger partial charge in [-0.05, 0) is 61.3 Å². The Bertz CT molecular complexity index is 911. The van der Waals surface area contributed by atoms with E-state index in [9.17, 15) is 9.59 Å². The molecular weight excluding hydrogens is 430 g/mol. The first-order valence-corrected chi connectivity index (χ1v) is 13.0. The second-order valence-electron chi connectivity index (χ2n) is 9.17. The topological polar surface area (TPSA) is 88.9 Å². The molecule has 4 rings (SSSR count). The van der Waals surface area contributed by atoms with Crippen LogP contribution in [0, 0.1) is 23.7 Å². The minimum absolute atomic E-state index is 0.126. The summed E-state index contributed by atoms with van der Waals surface area (Å²) < 4.78 is 2.23. The largest absolute Gasteiger partial charge is 0.338 e. The van der Waals surface area contributed by atoms with Crippen molar-refractivity contribution in [2.45, 2.75) is 57.7 Å². The Kier molecular flexibility index (Phi) is 7.01. The Morgan fingerprint density at radius 2 is 2.10 bits per heavy atom. The number of carbonyl (C=O) groups is 2. The lowest BCUT2D eigenvalue weighted by atomic mass is 9.84. The molecule has 2 saturated carbocycles. The van der Waals surface area contributed by atoms with Gasteiger partial charge in [0.05, 0.1) is 10.6 Å². The number of fused-ring (bicyclic) bond motifs is 2. The molecule has 2 fully saturated rings. The fourth-order valence-electron chi connectivity index (χ4n) is 5.03. The van der Waals surface area contributed by atoms with Crippen LogP contribution >= 0.6 is 23.1 Å². The van der Waals surface area contributed by atoms with Crippen molar-refractivity contribution < 1.29 is 9.59 Å². The first-order chi connectivity index (χ1) is 14.9. The van der Waals surface area contributed by atoms with Crippen LogP contribution in [0.3, 0.4) is 0 Å². The second kappa shape index (κ2) is 9.73. The van der Waals surface area contributed by atoms with Crippen LogP contribution in [0.1, 0.15) is 52.5 Å². The fourth-order valence-corrected chi connectivity index (χ4v) is 6.55. The zero-order chi connectivity index (χ0) is 22.0. The highest BCUT2D eigenvalue weighted by Crippen LogP contribution is 2.53. The number of thiophene rings is 1. The molecule has 31 heavy (non-hydrogen) atoms. The number of rotatable bonds is 8. The first-order valence-electron chi connectivity index (χ1n) is 11.1. The van der Waals surface area contributed by atoms with Gasteiger partial charge in [0.2, 0.25) is 5.91 Å². The van der Waals surface area contributed by atoms with E-state index in [1.165, 1.54) is 37.4 Å². The quantitative estimate of drug-likeness (QED) is 0.562. The van der Waals surface area contributed by atoms with Crippen molar-refractivity contribution in [1.29, 1.82) is 0 Å². The summed E-state index contributed by atoms with van der Waals surface area (Å²) >= 11 is 3.00. The molecule has 2 aliphatic rings. The number of amides is 3. The van der Waals surface area contributed by atoms with Crippen LogP contribution in [0.2, 0.25) is 0 Å². The van der Waals surface area contributed by atoms with Crippen LogP contribution in [0.4, 0.5) is 4.79 Å². The molecule has 2 aromatic rings. The van der Waals surface area contributed by atoms with Gasteiger partial charge in [-0.1, -0.05) is 38.1 Å². The van der Waals surface area contributed by atoms with Gasteiger partial charge in [-0.3, -0.25) is 14.7 Å². The molecule has 7 nitrogen and oxygen atoms in total. The van der Waals surface area contributed by atoms with Crippen molar-refractivity contribution in [3.63, 3.8) is 0 Å². The number of nitrogens with one attached hydrogen (secondary N) is 2. The minimum atomic E-state index is -0.449. The van der Waals surface area contributed by atoms with Gasteiger partial charge in [-0.15, -0.1) is 21.5 Å². The maximum atomic E-state index is 12.3. The number of thioether (sulfide) groups is 1. The Balaban J connectivity index is 1.46. The zero-order valence-corrected chi connectivity index (χ0v) is 20.0. The van der Waals surface area contributed by atoms with E-state index in [0.29, 0.717) is 18.4 Å². The van der Waals surface area contributed by atoms with Crippen LogP contribution in [0.25, 0.3) is 10.7 Å². The molecule has 168 valence electrons. The van der Waals surface area contributed by atoms with Crippen LogP contribution in [0.15, 0.2) is 22.7 Å². The number of imide groups is 1. The highest BCUT2D eigenvalue weighted by Gasteiger charge is 2.43. The summed E-state index contributed by atoms with van der Waals surface area (Å²) in [5, 5.41) is 16.8. The number of carbonyl (C=O) groups excluding carboxylic acids is 2. The molecule has 2 aromatic heterocycles. The van der Waals surface area contributed by atoms with Crippen LogP contribution < -0.4 is 10.6 Å². The minimum Gasteiger partial charge on any atom is -0.338 e. The van der Waals surface area contributed by atoms with Gasteiger partial charge in [-0.2, -0.15) is 0 Å². The predicted octanol–water partition coefficient (Wildman–Crippen LogP) is 4.58. The average molecular weight is 462 g/mol. The van der Waals surface area contributed by atoms with Gasteiger partial charge in [0.1, 0.15) is 0 Å². The summed E-state index contributed by atoms with van der Waals surface area (Å²) in [6.07, 6.45) is 5.32. The smallest absolute Gasteiger partial charge is 0.321 e. The molecule has 0 aliphatic heterocycles. The predicted molar refractivity (Wildman–Crippen MR) is 124 cm³/mol. The third-order valence-electron chi connectivity index (χ3n) is 6.48. The summed E-state index contributed by atoms with van der Waals surface area (Å²) in [7, 11) is 0. The average Bonchev–Trinajstić information content (AvgIpc) is 3.53. The van der Waals surface area contributed by atoms with E-state index in [2.05, 4.69) is 38.4 Å². The molecular formula is C22H31N5O2S2. The molecule has 0 aromatic carbocycles. The highest BCUT2D eigenvalue weighted by atomic mass is 32.2. The summed E-state index contributed by atoms with van der Waals surface area (Å²) in [5.41, 5.74) is 0. The zero-order valence-electron chi connectivity index (χ0n) is 18.3. The van der Waals surface area contributed by atoms with E-state index < -0.39 is 6.03 Å².